The van der Waals surface area contributed by atoms with Crippen LogP contribution in [0.25, 0.3) is 17.1 Å². The third-order valence-electron chi connectivity index (χ3n) is 10.7. The number of alkyl halides is 3. The normalized spacial score (nSPS) is 14.6. The second-order valence-electron chi connectivity index (χ2n) is 15.7. The summed E-state index contributed by atoms with van der Waals surface area (Å²) in [6.07, 6.45) is 0.341. The largest absolute Gasteiger partial charge is 0.444 e. The van der Waals surface area contributed by atoms with Crippen molar-refractivity contribution in [2.45, 2.75) is 37.9 Å². The van der Waals surface area contributed by atoms with E-state index < -0.39 is 54.2 Å². The predicted molar refractivity (Wildman–Crippen MR) is 241 cm³/mol. The number of amides is 7. The molecule has 1 saturated heterocycles. The van der Waals surface area contributed by atoms with Gasteiger partial charge in [-0.2, -0.15) is 18.3 Å². The first-order valence-corrected chi connectivity index (χ1v) is 22.1. The van der Waals surface area contributed by atoms with Crippen LogP contribution in [0.4, 0.5) is 24.7 Å². The molecule has 5 aromatic rings. The van der Waals surface area contributed by atoms with Crippen molar-refractivity contribution in [3.8, 4) is 17.1 Å². The van der Waals surface area contributed by atoms with Crippen molar-refractivity contribution in [1.82, 2.24) is 35.3 Å². The van der Waals surface area contributed by atoms with E-state index in [0.717, 1.165) is 11.2 Å². The molecule has 0 bridgehead atoms. The van der Waals surface area contributed by atoms with Crippen molar-refractivity contribution >= 4 is 52.9 Å². The molecule has 1 unspecified atom stereocenters. The van der Waals surface area contributed by atoms with Gasteiger partial charge in [0.25, 0.3) is 29.5 Å². The first-order chi connectivity index (χ1) is 34.2. The number of carbonyl (C=O) groups excluding carboxylic acids is 7. The number of fused-ring (bicyclic) bond motifs is 1. The highest BCUT2D eigenvalue weighted by molar-refractivity contribution is 6.24. The molecule has 0 radical (unpaired) electrons. The van der Waals surface area contributed by atoms with Gasteiger partial charge < -0.3 is 45.0 Å². The van der Waals surface area contributed by atoms with Gasteiger partial charge in [0.15, 0.2) is 11.4 Å². The Hall–Kier alpha value is -7.87. The van der Waals surface area contributed by atoms with E-state index in [1.165, 1.54) is 41.3 Å². The second kappa shape index (κ2) is 23.6. The number of hydrogen-bond donors (Lipinski definition) is 5. The molecule has 2 aliphatic rings. The van der Waals surface area contributed by atoms with Crippen molar-refractivity contribution in [3.63, 3.8) is 0 Å². The van der Waals surface area contributed by atoms with Gasteiger partial charge >= 0.3 is 6.18 Å². The van der Waals surface area contributed by atoms with Crippen LogP contribution in [0.1, 0.15) is 76.9 Å². The SMILES string of the molecule is NC(=O)c1nn(-c2ccc(C(=O)NCCOCCOCCOCCOCCCc3cccc4c3C(=O)N(C3CCC(=O)NC3=O)C4=O)cc2)cc1NC(=O)c1coc(-c2ccnc(NCC(F)(F)F)c2)n1. The van der Waals surface area contributed by atoms with E-state index in [1.807, 2.05) is 0 Å². The Balaban J connectivity index is 0.733. The molecule has 5 heterocycles. The Morgan fingerprint density at radius 3 is 2.27 bits per heavy atom. The van der Waals surface area contributed by atoms with Crippen molar-refractivity contribution in [2.75, 3.05) is 76.6 Å². The van der Waals surface area contributed by atoms with Crippen LogP contribution in [0.15, 0.2) is 77.7 Å². The fourth-order valence-corrected chi connectivity index (χ4v) is 7.35. The van der Waals surface area contributed by atoms with Gasteiger partial charge in [0.1, 0.15) is 24.7 Å². The Kier molecular flexibility index (Phi) is 17.0. The van der Waals surface area contributed by atoms with Gasteiger partial charge in [0.2, 0.25) is 17.7 Å². The molecule has 22 nitrogen and oxygen atoms in total. The first kappa shape index (κ1) is 51.0. The summed E-state index contributed by atoms with van der Waals surface area (Å²) >= 11 is 0. The van der Waals surface area contributed by atoms with Crippen LogP contribution in [0.3, 0.4) is 0 Å². The first-order valence-electron chi connectivity index (χ1n) is 22.1. The molecule has 0 aliphatic carbocycles. The molecule has 0 saturated carbocycles. The zero-order chi connectivity index (χ0) is 50.5. The fourth-order valence-electron chi connectivity index (χ4n) is 7.35. The van der Waals surface area contributed by atoms with Crippen LogP contribution < -0.4 is 27.0 Å². The number of pyridine rings is 1. The number of carbonyl (C=O) groups is 7. The van der Waals surface area contributed by atoms with Crippen molar-refractivity contribution in [2.24, 2.45) is 5.73 Å². The molecule has 71 heavy (non-hydrogen) atoms. The van der Waals surface area contributed by atoms with Gasteiger partial charge in [-0.15, -0.1) is 0 Å². The standard InChI is InChI=1S/C46H47F3N10O12/c47-46(48,49)26-53-35-23-29(12-13-51-35)43-55-33(25-71-43)41(63)54-32-24-58(57-38(32)39(50)61)30-8-6-28(7-9-30)40(62)52-14-16-68-18-20-70-22-21-69-19-17-67-15-2-4-27-3-1-5-31-37(27)45(66)59(44(31)65)34-10-11-36(60)56-42(34)64/h1,3,5-9,12-13,23-25,34H,2,4,10-11,14-22,26H2,(H2,50,61)(H,51,53)(H,52,62)(H,54,63)(H,56,60,64). The quantitative estimate of drug-likeness (QED) is 0.0415. The highest BCUT2D eigenvalue weighted by Gasteiger charge is 2.45. The van der Waals surface area contributed by atoms with E-state index in [0.29, 0.717) is 69.3 Å². The number of benzene rings is 2. The average molecular weight is 989 g/mol. The Bertz CT molecular complexity index is 2760. The lowest BCUT2D eigenvalue weighted by molar-refractivity contribution is -0.136. The van der Waals surface area contributed by atoms with Gasteiger partial charge in [-0.25, -0.2) is 14.6 Å². The van der Waals surface area contributed by atoms with Gasteiger partial charge in [-0.3, -0.25) is 43.8 Å². The number of anilines is 2. The topological polar surface area (TPSA) is 291 Å². The Morgan fingerprint density at radius 1 is 0.873 bits per heavy atom. The summed E-state index contributed by atoms with van der Waals surface area (Å²) in [6.45, 7) is 1.46. The highest BCUT2D eigenvalue weighted by Crippen LogP contribution is 2.31. The third kappa shape index (κ3) is 13.5. The van der Waals surface area contributed by atoms with Crippen LogP contribution >= 0.6 is 0 Å². The summed E-state index contributed by atoms with van der Waals surface area (Å²) in [5.41, 5.74) is 7.18. The van der Waals surface area contributed by atoms with E-state index in [4.69, 9.17) is 29.1 Å². The molecule has 2 aromatic carbocycles. The molecule has 7 amide bonds. The average Bonchev–Trinajstić information content (AvgIpc) is 4.08. The zero-order valence-corrected chi connectivity index (χ0v) is 37.8. The lowest BCUT2D eigenvalue weighted by Gasteiger charge is -2.27. The smallest absolute Gasteiger partial charge is 0.405 e. The lowest BCUT2D eigenvalue weighted by atomic mass is 9.99. The molecule has 2 aliphatic heterocycles. The second-order valence-corrected chi connectivity index (χ2v) is 15.7. The van der Waals surface area contributed by atoms with Gasteiger partial charge in [0.05, 0.1) is 74.9 Å². The molecule has 1 fully saturated rings. The van der Waals surface area contributed by atoms with E-state index in [1.54, 1.807) is 30.3 Å². The number of rotatable bonds is 25. The number of halogens is 3. The minimum atomic E-state index is -4.47. The van der Waals surface area contributed by atoms with Gasteiger partial charge in [-0.1, -0.05) is 12.1 Å². The molecule has 374 valence electrons. The fraction of sp³-hybridized carbons (Fsp3) is 0.348. The Morgan fingerprint density at radius 2 is 1.58 bits per heavy atom. The van der Waals surface area contributed by atoms with Crippen LogP contribution in [0.2, 0.25) is 0 Å². The number of nitrogens with two attached hydrogens (primary N) is 1. The molecule has 7 rings (SSSR count). The summed E-state index contributed by atoms with van der Waals surface area (Å²) in [5.74, 6) is -4.45. The maximum atomic E-state index is 13.3. The van der Waals surface area contributed by atoms with Crippen LogP contribution in [0.5, 0.6) is 0 Å². The Labute approximate surface area is 401 Å². The monoisotopic (exact) mass is 988 g/mol. The summed E-state index contributed by atoms with van der Waals surface area (Å²) in [6, 6.07) is 12.9. The summed E-state index contributed by atoms with van der Waals surface area (Å²) in [7, 11) is 0. The number of nitrogens with one attached hydrogen (secondary N) is 4. The number of imide groups is 2. The van der Waals surface area contributed by atoms with E-state index in [9.17, 15) is 46.7 Å². The minimum Gasteiger partial charge on any atom is -0.444 e. The van der Waals surface area contributed by atoms with Gasteiger partial charge in [-0.05, 0) is 67.3 Å². The molecular formula is C46H47F3N10O12. The summed E-state index contributed by atoms with van der Waals surface area (Å²) in [4.78, 5) is 97.1. The maximum Gasteiger partial charge on any atom is 0.405 e. The molecular weight excluding hydrogens is 942 g/mol. The molecule has 3 aromatic heterocycles. The van der Waals surface area contributed by atoms with Crippen molar-refractivity contribution in [3.05, 3.63) is 107 Å². The van der Waals surface area contributed by atoms with E-state index in [2.05, 4.69) is 36.3 Å². The lowest BCUT2D eigenvalue weighted by Crippen LogP contribution is -2.54. The number of piperidine rings is 1. The number of primary amides is 1. The number of hydrogen-bond acceptors (Lipinski definition) is 16. The van der Waals surface area contributed by atoms with E-state index in [-0.39, 0.29) is 84.0 Å². The number of nitrogens with zero attached hydrogens (tertiary/aromatic N) is 5. The number of ether oxygens (including phenoxy) is 4. The number of oxazole rings is 1. The van der Waals surface area contributed by atoms with E-state index >= 15 is 0 Å². The highest BCUT2D eigenvalue weighted by atomic mass is 19.4. The summed E-state index contributed by atoms with van der Waals surface area (Å²) < 4.78 is 66.7. The molecule has 25 heteroatoms. The molecule has 1 atom stereocenters. The van der Waals surface area contributed by atoms with Crippen LogP contribution in [-0.4, -0.2) is 144 Å². The number of aryl methyl sites for hydroxylation is 1. The molecule has 0 spiro atoms. The van der Waals surface area contributed by atoms with Crippen molar-refractivity contribution < 1.29 is 70.1 Å². The summed E-state index contributed by atoms with van der Waals surface area (Å²) in [5, 5.41) is 13.8. The minimum absolute atomic E-state index is 0.0494. The maximum absolute atomic E-state index is 13.3. The van der Waals surface area contributed by atoms with Crippen LogP contribution in [-0.2, 0) is 35.0 Å². The molecule has 6 N–H and O–H groups in total. The predicted octanol–water partition coefficient (Wildman–Crippen LogP) is 3.08. The van der Waals surface area contributed by atoms with Crippen LogP contribution in [0, 0.1) is 0 Å². The third-order valence-corrected chi connectivity index (χ3v) is 10.7. The van der Waals surface area contributed by atoms with Gasteiger partial charge in [0, 0.05) is 36.9 Å². The van der Waals surface area contributed by atoms with Crippen molar-refractivity contribution in [1.29, 1.82) is 0 Å². The number of aromatic nitrogens is 4. The zero-order valence-electron chi connectivity index (χ0n) is 37.8.